The van der Waals surface area contributed by atoms with Crippen molar-refractivity contribution in [2.24, 2.45) is 0 Å². The maximum Gasteiger partial charge on any atom is 0.471 e. The number of hydrogen-bond acceptors (Lipinski definition) is 4. The Hall–Kier alpha value is -5.00. The molecule has 3 aromatic rings. The minimum absolute atomic E-state index is 0.0522. The minimum Gasteiger partial charge on any atom is -0.318 e. The highest BCUT2D eigenvalue weighted by Gasteiger charge is 2.39. The zero-order chi connectivity index (χ0) is 29.5. The standard InChI is InChI=1S/C28H18F6N2O4/c29-27(30,31)25(39)35-21-5-1-3-19(15-21)23(37)13-11-17-7-9-18(10-8-17)12-14-24(38)20-4-2-6-22(16-20)36-26(40)28(32,33)34/h1-16H,(H,35,39)(H,36,40)/b13-11+,14-12+. The van der Waals surface area contributed by atoms with Gasteiger partial charge in [0.05, 0.1) is 0 Å². The number of halogens is 6. The third-order valence-electron chi connectivity index (χ3n) is 5.12. The highest BCUT2D eigenvalue weighted by Crippen LogP contribution is 2.21. The molecule has 0 saturated carbocycles. The zero-order valence-corrected chi connectivity index (χ0v) is 20.1. The fourth-order valence-electron chi connectivity index (χ4n) is 3.16. The van der Waals surface area contributed by atoms with Crippen LogP contribution < -0.4 is 10.6 Å². The number of carbonyl (C=O) groups excluding carboxylic acids is 4. The fraction of sp³-hybridized carbons (Fsp3) is 0.0714. The molecule has 2 N–H and O–H groups in total. The van der Waals surface area contributed by atoms with E-state index in [0.717, 1.165) is 12.1 Å². The van der Waals surface area contributed by atoms with E-state index in [0.29, 0.717) is 11.1 Å². The van der Waals surface area contributed by atoms with Crippen molar-refractivity contribution < 1.29 is 45.5 Å². The number of anilines is 2. The van der Waals surface area contributed by atoms with E-state index in [-0.39, 0.29) is 22.5 Å². The van der Waals surface area contributed by atoms with Crippen LogP contribution in [0.4, 0.5) is 37.7 Å². The monoisotopic (exact) mass is 560 g/mol. The first kappa shape index (κ1) is 29.6. The molecule has 0 radical (unpaired) electrons. The van der Waals surface area contributed by atoms with E-state index in [1.165, 1.54) is 60.7 Å². The Morgan fingerprint density at radius 3 is 1.23 bits per heavy atom. The average Bonchev–Trinajstić information content (AvgIpc) is 2.90. The summed E-state index contributed by atoms with van der Waals surface area (Å²) < 4.78 is 74.6. The molecule has 0 atom stereocenters. The normalized spacial score (nSPS) is 11.9. The van der Waals surface area contributed by atoms with E-state index in [9.17, 15) is 45.5 Å². The SMILES string of the molecule is O=C(/C=C/c1ccc(/C=C/C(=O)c2cccc(NC(=O)C(F)(F)F)c2)cc1)c1cccc(NC(=O)C(F)(F)F)c1. The Balaban J connectivity index is 1.61. The predicted octanol–water partition coefficient (Wildman–Crippen LogP) is 6.48. The maximum absolute atomic E-state index is 12.4. The molecule has 2 amide bonds. The van der Waals surface area contributed by atoms with Crippen LogP contribution in [0.15, 0.2) is 84.9 Å². The van der Waals surface area contributed by atoms with Gasteiger partial charge in [0.2, 0.25) is 0 Å². The van der Waals surface area contributed by atoms with Crippen LogP contribution in [0.2, 0.25) is 0 Å². The van der Waals surface area contributed by atoms with Gasteiger partial charge in [-0.3, -0.25) is 19.2 Å². The number of ketones is 2. The van der Waals surface area contributed by atoms with Gasteiger partial charge in [-0.05, 0) is 47.5 Å². The van der Waals surface area contributed by atoms with Crippen molar-refractivity contribution in [1.82, 2.24) is 0 Å². The zero-order valence-electron chi connectivity index (χ0n) is 20.1. The number of benzene rings is 3. The lowest BCUT2D eigenvalue weighted by Crippen LogP contribution is -2.29. The quantitative estimate of drug-likeness (QED) is 0.187. The summed E-state index contributed by atoms with van der Waals surface area (Å²) in [5.41, 5.74) is 0.903. The number of carbonyl (C=O) groups is 4. The van der Waals surface area contributed by atoms with Gasteiger partial charge in [-0.1, -0.05) is 60.7 Å². The first-order chi connectivity index (χ1) is 18.7. The van der Waals surface area contributed by atoms with Crippen LogP contribution in [0.3, 0.4) is 0 Å². The summed E-state index contributed by atoms with van der Waals surface area (Å²) in [7, 11) is 0. The van der Waals surface area contributed by atoms with Crippen LogP contribution in [0.25, 0.3) is 12.2 Å². The summed E-state index contributed by atoms with van der Waals surface area (Å²) in [5.74, 6) is -5.37. The number of amides is 2. The van der Waals surface area contributed by atoms with E-state index >= 15 is 0 Å². The highest BCUT2D eigenvalue weighted by atomic mass is 19.4. The second kappa shape index (κ2) is 12.2. The lowest BCUT2D eigenvalue weighted by molar-refractivity contribution is -0.167. The van der Waals surface area contributed by atoms with E-state index < -0.39 is 35.7 Å². The van der Waals surface area contributed by atoms with Crippen LogP contribution in [0.1, 0.15) is 31.8 Å². The number of alkyl halides is 6. The van der Waals surface area contributed by atoms with E-state index in [4.69, 9.17) is 0 Å². The Morgan fingerprint density at radius 1 is 0.550 bits per heavy atom. The van der Waals surface area contributed by atoms with Gasteiger partial charge in [-0.25, -0.2) is 0 Å². The maximum atomic E-state index is 12.4. The van der Waals surface area contributed by atoms with Gasteiger partial charge in [-0.2, -0.15) is 26.3 Å². The number of allylic oxidation sites excluding steroid dienone is 2. The number of rotatable bonds is 8. The van der Waals surface area contributed by atoms with Gasteiger partial charge >= 0.3 is 24.2 Å². The molecule has 0 saturated heterocycles. The summed E-state index contributed by atoms with van der Waals surface area (Å²) in [6, 6.07) is 16.6. The second-order valence-electron chi connectivity index (χ2n) is 8.13. The van der Waals surface area contributed by atoms with E-state index in [1.807, 2.05) is 0 Å². The van der Waals surface area contributed by atoms with Gasteiger partial charge in [0.1, 0.15) is 0 Å². The fourth-order valence-corrected chi connectivity index (χ4v) is 3.16. The van der Waals surface area contributed by atoms with Gasteiger partial charge in [0.25, 0.3) is 0 Å². The Labute approximate surface area is 223 Å². The molecule has 0 aliphatic heterocycles. The number of nitrogens with one attached hydrogen (secondary N) is 2. The number of hydrogen-bond donors (Lipinski definition) is 2. The molecule has 3 aromatic carbocycles. The molecule has 0 unspecified atom stereocenters. The third kappa shape index (κ3) is 8.51. The molecule has 0 spiro atoms. The molecule has 3 rings (SSSR count). The third-order valence-corrected chi connectivity index (χ3v) is 5.12. The van der Waals surface area contributed by atoms with Crippen molar-refractivity contribution in [3.8, 4) is 0 Å². The first-order valence-corrected chi connectivity index (χ1v) is 11.2. The molecule has 0 fully saturated rings. The van der Waals surface area contributed by atoms with Crippen LogP contribution >= 0.6 is 0 Å². The summed E-state index contributed by atoms with van der Waals surface area (Å²) in [5, 5.41) is 3.35. The lowest BCUT2D eigenvalue weighted by Gasteiger charge is -2.08. The largest absolute Gasteiger partial charge is 0.471 e. The van der Waals surface area contributed by atoms with Gasteiger partial charge in [0.15, 0.2) is 11.6 Å². The van der Waals surface area contributed by atoms with Crippen molar-refractivity contribution in [3.63, 3.8) is 0 Å². The molecule has 0 heterocycles. The van der Waals surface area contributed by atoms with E-state index in [1.54, 1.807) is 34.9 Å². The molecule has 0 aliphatic carbocycles. The summed E-state index contributed by atoms with van der Waals surface area (Å²) in [6.45, 7) is 0. The van der Waals surface area contributed by atoms with E-state index in [2.05, 4.69) is 0 Å². The summed E-state index contributed by atoms with van der Waals surface area (Å²) in [4.78, 5) is 47.0. The Kier molecular flexibility index (Phi) is 9.04. The molecule has 0 bridgehead atoms. The molecule has 0 aliphatic rings. The van der Waals surface area contributed by atoms with Gasteiger partial charge in [0, 0.05) is 22.5 Å². The predicted molar refractivity (Wildman–Crippen MR) is 135 cm³/mol. The molecule has 40 heavy (non-hydrogen) atoms. The van der Waals surface area contributed by atoms with Crippen LogP contribution in [0.5, 0.6) is 0 Å². The minimum atomic E-state index is -5.07. The van der Waals surface area contributed by atoms with Crippen LogP contribution in [-0.4, -0.2) is 35.7 Å². The Bertz CT molecular complexity index is 1380. The van der Waals surface area contributed by atoms with Crippen molar-refractivity contribution >= 4 is 46.9 Å². The average molecular weight is 560 g/mol. The van der Waals surface area contributed by atoms with Gasteiger partial charge < -0.3 is 10.6 Å². The molecule has 0 aromatic heterocycles. The summed E-state index contributed by atoms with van der Waals surface area (Å²) >= 11 is 0. The van der Waals surface area contributed by atoms with Crippen LogP contribution in [-0.2, 0) is 9.59 Å². The first-order valence-electron chi connectivity index (χ1n) is 11.2. The molecule has 12 heteroatoms. The summed E-state index contributed by atoms with van der Waals surface area (Å²) in [6.07, 6.45) is -4.82. The van der Waals surface area contributed by atoms with Crippen molar-refractivity contribution in [1.29, 1.82) is 0 Å². The van der Waals surface area contributed by atoms with Crippen molar-refractivity contribution in [2.75, 3.05) is 10.6 Å². The molecular weight excluding hydrogens is 542 g/mol. The molecule has 206 valence electrons. The topological polar surface area (TPSA) is 92.3 Å². The molecule has 6 nitrogen and oxygen atoms in total. The van der Waals surface area contributed by atoms with Crippen LogP contribution in [0, 0.1) is 0 Å². The highest BCUT2D eigenvalue weighted by molar-refractivity contribution is 6.08. The lowest BCUT2D eigenvalue weighted by atomic mass is 10.1. The molecular formula is C28H18F6N2O4. The van der Waals surface area contributed by atoms with Gasteiger partial charge in [-0.15, -0.1) is 0 Å². The Morgan fingerprint density at radius 2 is 0.900 bits per heavy atom. The second-order valence-corrected chi connectivity index (χ2v) is 8.13. The van der Waals surface area contributed by atoms with Crippen molar-refractivity contribution in [3.05, 3.63) is 107 Å². The smallest absolute Gasteiger partial charge is 0.318 e. The van der Waals surface area contributed by atoms with Crippen molar-refractivity contribution in [2.45, 2.75) is 12.4 Å².